The van der Waals surface area contributed by atoms with Gasteiger partial charge in [0.1, 0.15) is 0 Å². The molecule has 0 bridgehead atoms. The van der Waals surface area contributed by atoms with Crippen LogP contribution in [0.25, 0.3) is 0 Å². The first-order valence-corrected chi connectivity index (χ1v) is 5.46. The van der Waals surface area contributed by atoms with E-state index in [0.717, 1.165) is 12.8 Å². The van der Waals surface area contributed by atoms with Crippen molar-refractivity contribution in [1.82, 2.24) is 0 Å². The van der Waals surface area contributed by atoms with Crippen molar-refractivity contribution in [3.8, 4) is 0 Å². The first-order valence-electron chi connectivity index (χ1n) is 4.55. The van der Waals surface area contributed by atoms with Gasteiger partial charge < -0.3 is 0 Å². The summed E-state index contributed by atoms with van der Waals surface area (Å²) in [5.41, 5.74) is 0. The molecule has 0 radical (unpaired) electrons. The maximum absolute atomic E-state index is 11.1. The quantitative estimate of drug-likeness (QED) is 0.316. The van der Waals surface area contributed by atoms with Crippen molar-refractivity contribution in [3.63, 3.8) is 0 Å². The van der Waals surface area contributed by atoms with Gasteiger partial charge in [-0.15, -0.1) is 0 Å². The van der Waals surface area contributed by atoms with E-state index in [1.807, 2.05) is 20.8 Å². The van der Waals surface area contributed by atoms with Crippen LogP contribution in [0.3, 0.4) is 0 Å². The van der Waals surface area contributed by atoms with Crippen LogP contribution >= 0.6 is 15.9 Å². The Morgan fingerprint density at radius 1 is 1.46 bits per heavy atom. The van der Waals surface area contributed by atoms with Crippen molar-refractivity contribution in [2.75, 3.05) is 6.61 Å². The summed E-state index contributed by atoms with van der Waals surface area (Å²) in [5, 5.41) is 0. The molecule has 0 spiro atoms. The van der Waals surface area contributed by atoms with Gasteiger partial charge in [0, 0.05) is 4.83 Å². The smallest absolute Gasteiger partial charge is 0.298 e. The summed E-state index contributed by atoms with van der Waals surface area (Å²) < 4.78 is 0. The van der Waals surface area contributed by atoms with Gasteiger partial charge in [-0.05, 0) is 12.8 Å². The van der Waals surface area contributed by atoms with Gasteiger partial charge >= 0.3 is 5.97 Å². The van der Waals surface area contributed by atoms with Crippen molar-refractivity contribution in [1.29, 1.82) is 0 Å². The zero-order chi connectivity index (χ0) is 10.3. The highest BCUT2D eigenvalue weighted by Crippen LogP contribution is 2.06. The molecule has 4 heteroatoms. The Labute approximate surface area is 87.8 Å². The van der Waals surface area contributed by atoms with E-state index in [4.69, 9.17) is 4.89 Å². The number of carbonyl (C=O) groups is 1. The van der Waals surface area contributed by atoms with Crippen molar-refractivity contribution in [3.05, 3.63) is 0 Å². The van der Waals surface area contributed by atoms with Crippen molar-refractivity contribution < 1.29 is 14.6 Å². The molecule has 2 unspecified atom stereocenters. The fourth-order valence-electron chi connectivity index (χ4n) is 0.559. The van der Waals surface area contributed by atoms with Crippen LogP contribution in [0.15, 0.2) is 0 Å². The van der Waals surface area contributed by atoms with Crippen molar-refractivity contribution in [2.45, 2.75) is 38.4 Å². The minimum absolute atomic E-state index is 0.0820. The van der Waals surface area contributed by atoms with Gasteiger partial charge in [0.25, 0.3) is 0 Å². The second kappa shape index (κ2) is 7.33. The summed E-state index contributed by atoms with van der Waals surface area (Å²) in [6, 6.07) is 0. The highest BCUT2D eigenvalue weighted by atomic mass is 79.9. The van der Waals surface area contributed by atoms with Crippen LogP contribution in [0.4, 0.5) is 0 Å². The van der Waals surface area contributed by atoms with Crippen LogP contribution in [-0.2, 0) is 14.6 Å². The summed E-state index contributed by atoms with van der Waals surface area (Å²) in [6.45, 7) is 6.21. The monoisotopic (exact) mass is 252 g/mol. The Kier molecular flexibility index (Phi) is 7.28. The Balaban J connectivity index is 3.37. The van der Waals surface area contributed by atoms with E-state index in [0.29, 0.717) is 11.4 Å². The molecule has 0 aromatic carbocycles. The van der Waals surface area contributed by atoms with Gasteiger partial charge in [-0.3, -0.25) is 4.89 Å². The summed E-state index contributed by atoms with van der Waals surface area (Å²) in [7, 11) is 0. The summed E-state index contributed by atoms with van der Waals surface area (Å²) >= 11 is 3.36. The minimum atomic E-state index is -0.287. The maximum Gasteiger partial charge on any atom is 0.345 e. The molecule has 0 amide bonds. The van der Waals surface area contributed by atoms with Crippen molar-refractivity contribution >= 4 is 21.9 Å². The predicted molar refractivity (Wildman–Crippen MR) is 54.5 cm³/mol. The Morgan fingerprint density at radius 2 is 2.08 bits per heavy atom. The lowest BCUT2D eigenvalue weighted by atomic mass is 10.1. The lowest BCUT2D eigenvalue weighted by Crippen LogP contribution is -2.15. The maximum atomic E-state index is 11.1. The molecule has 78 valence electrons. The molecule has 0 aromatic heterocycles. The molecule has 0 N–H and O–H groups in total. The topological polar surface area (TPSA) is 35.5 Å². The number of alkyl halides is 1. The molecule has 0 fully saturated rings. The van der Waals surface area contributed by atoms with Crippen LogP contribution in [0, 0.1) is 5.92 Å². The van der Waals surface area contributed by atoms with E-state index in [1.165, 1.54) is 0 Å². The molecule has 0 heterocycles. The van der Waals surface area contributed by atoms with E-state index >= 15 is 0 Å². The molecule has 0 aromatic rings. The fourth-order valence-corrected chi connectivity index (χ4v) is 0.746. The molecule has 2 atom stereocenters. The standard InChI is InChI=1S/C9H17BrO3/c1-4-7(2)9(11)13-12-6-5-8(3)10/h7-8H,4-6H2,1-3H3. The molecule has 13 heavy (non-hydrogen) atoms. The zero-order valence-corrected chi connectivity index (χ0v) is 9.96. The van der Waals surface area contributed by atoms with E-state index in [2.05, 4.69) is 20.8 Å². The van der Waals surface area contributed by atoms with E-state index in [-0.39, 0.29) is 11.9 Å². The molecule has 3 nitrogen and oxygen atoms in total. The summed E-state index contributed by atoms with van der Waals surface area (Å²) in [6.07, 6.45) is 1.60. The number of hydrogen-bond acceptors (Lipinski definition) is 3. The Hall–Kier alpha value is -0.0900. The number of carbonyl (C=O) groups excluding carboxylic acids is 1. The molecule has 0 saturated carbocycles. The highest BCUT2D eigenvalue weighted by Gasteiger charge is 2.12. The largest absolute Gasteiger partial charge is 0.345 e. The van der Waals surface area contributed by atoms with Gasteiger partial charge in [-0.25, -0.2) is 4.79 Å². The third-order valence-corrected chi connectivity index (χ3v) is 2.21. The van der Waals surface area contributed by atoms with Crippen LogP contribution in [0.5, 0.6) is 0 Å². The van der Waals surface area contributed by atoms with Crippen LogP contribution in [-0.4, -0.2) is 17.4 Å². The van der Waals surface area contributed by atoms with Gasteiger partial charge in [0.15, 0.2) is 0 Å². The van der Waals surface area contributed by atoms with Crippen LogP contribution < -0.4 is 0 Å². The average Bonchev–Trinajstić information content (AvgIpc) is 2.10. The third-order valence-electron chi connectivity index (χ3n) is 1.75. The first kappa shape index (κ1) is 12.9. The van der Waals surface area contributed by atoms with E-state index < -0.39 is 0 Å². The molecule has 0 aliphatic rings. The first-order chi connectivity index (χ1) is 6.07. The summed E-state index contributed by atoms with van der Waals surface area (Å²) in [5.74, 6) is -0.369. The number of hydrogen-bond donors (Lipinski definition) is 0. The molecule has 0 aliphatic carbocycles. The average molecular weight is 253 g/mol. The van der Waals surface area contributed by atoms with E-state index in [1.54, 1.807) is 0 Å². The normalized spacial score (nSPS) is 15.1. The van der Waals surface area contributed by atoms with Gasteiger partial charge in [-0.2, -0.15) is 4.89 Å². The highest BCUT2D eigenvalue weighted by molar-refractivity contribution is 9.09. The van der Waals surface area contributed by atoms with Gasteiger partial charge in [0.05, 0.1) is 12.5 Å². The lowest BCUT2D eigenvalue weighted by molar-refractivity contribution is -0.275. The summed E-state index contributed by atoms with van der Waals surface area (Å²) in [4.78, 5) is 20.8. The molecular formula is C9H17BrO3. The zero-order valence-electron chi connectivity index (χ0n) is 8.38. The minimum Gasteiger partial charge on any atom is -0.298 e. The third kappa shape index (κ3) is 7.02. The fraction of sp³-hybridized carbons (Fsp3) is 0.889. The van der Waals surface area contributed by atoms with Gasteiger partial charge in [0.2, 0.25) is 0 Å². The number of rotatable bonds is 6. The van der Waals surface area contributed by atoms with Gasteiger partial charge in [-0.1, -0.05) is 36.7 Å². The van der Waals surface area contributed by atoms with Crippen molar-refractivity contribution in [2.24, 2.45) is 5.92 Å². The van der Waals surface area contributed by atoms with Crippen LogP contribution in [0.1, 0.15) is 33.6 Å². The predicted octanol–water partition coefficient (Wildman–Crippen LogP) is 2.68. The second-order valence-corrected chi connectivity index (χ2v) is 4.67. The SMILES string of the molecule is CCC(C)C(=O)OOCCC(C)Br. The van der Waals surface area contributed by atoms with E-state index in [9.17, 15) is 4.79 Å². The molecular weight excluding hydrogens is 236 g/mol. The molecule has 0 rings (SSSR count). The molecule has 0 saturated heterocycles. The van der Waals surface area contributed by atoms with Crippen LogP contribution in [0.2, 0.25) is 0 Å². The molecule has 0 aliphatic heterocycles. The Morgan fingerprint density at radius 3 is 2.54 bits per heavy atom. The second-order valence-electron chi connectivity index (χ2n) is 3.10. The number of halogens is 1. The lowest BCUT2D eigenvalue weighted by Gasteiger charge is -2.07. The Bertz CT molecular complexity index is 148.